The van der Waals surface area contributed by atoms with Gasteiger partial charge >= 0.3 is 6.18 Å². The zero-order chi connectivity index (χ0) is 29.6. The highest BCUT2D eigenvalue weighted by molar-refractivity contribution is 5.91. The zero-order valence-corrected chi connectivity index (χ0v) is 22.7. The largest absolute Gasteiger partial charge is 0.416 e. The van der Waals surface area contributed by atoms with Gasteiger partial charge < -0.3 is 29.6 Å². The Kier molecular flexibility index (Phi) is 7.08. The van der Waals surface area contributed by atoms with Crippen LogP contribution in [0.25, 0.3) is 5.78 Å². The van der Waals surface area contributed by atoms with Crippen molar-refractivity contribution in [2.24, 2.45) is 0 Å². The summed E-state index contributed by atoms with van der Waals surface area (Å²) in [6.45, 7) is 5.64. The number of alkyl halides is 3. The van der Waals surface area contributed by atoms with Crippen LogP contribution >= 0.6 is 0 Å². The average molecular weight is 589 g/mol. The number of carbonyl (C=O) groups excluding carboxylic acids is 1. The fourth-order valence-corrected chi connectivity index (χ4v) is 5.42. The molecule has 1 amide bonds. The lowest BCUT2D eigenvalue weighted by Crippen LogP contribution is -2.47. The van der Waals surface area contributed by atoms with E-state index in [1.54, 1.807) is 17.1 Å². The Bertz CT molecular complexity index is 1700. The first kappa shape index (κ1) is 27.7. The summed E-state index contributed by atoms with van der Waals surface area (Å²) in [4.78, 5) is 39.8. The summed E-state index contributed by atoms with van der Waals surface area (Å²) in [5, 5.41) is 10.2. The minimum atomic E-state index is -4.72. The topological polar surface area (TPSA) is 118 Å². The van der Waals surface area contributed by atoms with Gasteiger partial charge in [0.15, 0.2) is 0 Å². The molecule has 3 aromatic heterocycles. The van der Waals surface area contributed by atoms with E-state index in [2.05, 4.69) is 25.7 Å². The molecule has 5 heterocycles. The molecule has 12 nitrogen and oxygen atoms in total. The molecule has 2 N–H and O–H groups in total. The van der Waals surface area contributed by atoms with Crippen molar-refractivity contribution in [2.75, 3.05) is 47.8 Å². The summed E-state index contributed by atoms with van der Waals surface area (Å²) in [7, 11) is 0. The van der Waals surface area contributed by atoms with Gasteiger partial charge in [0.25, 0.3) is 5.56 Å². The highest BCUT2D eigenvalue weighted by atomic mass is 19.4. The lowest BCUT2D eigenvalue weighted by atomic mass is 10.2. The maximum Gasteiger partial charge on any atom is 0.416 e. The third kappa shape index (κ3) is 5.06. The van der Waals surface area contributed by atoms with Gasteiger partial charge in [-0.15, -0.1) is 5.10 Å². The van der Waals surface area contributed by atoms with Gasteiger partial charge in [-0.1, -0.05) is 6.92 Å². The normalized spacial score (nSPS) is 15.7. The molecular weight excluding hydrogens is 560 g/mol. The Morgan fingerprint density at radius 3 is 2.62 bits per heavy atom. The number of nitrogens with one attached hydrogen (secondary N) is 2. The number of anilines is 3. The first-order chi connectivity index (χ1) is 20.1. The van der Waals surface area contributed by atoms with Crippen LogP contribution in [0.2, 0.25) is 0 Å². The van der Waals surface area contributed by atoms with Gasteiger partial charge in [0, 0.05) is 45.5 Å². The van der Waals surface area contributed by atoms with Gasteiger partial charge in [0.2, 0.25) is 17.6 Å². The standard InChI is InChI=1S/C26H28F4N10O2/c1-2-20-22(36-7-5-31-6-8-36)23(42)40-25(34-24(35-40)37-9-10-38-15-32-12-17(38)13-37)39(20)14-21(41)33-19-4-3-16(11-18(19)27)26(28,29)30/h3-4,11-12,15,31H,2,5-10,13-14H2,1H3,(H,33,41). The second-order valence-electron chi connectivity index (χ2n) is 10.1. The number of benzene rings is 1. The monoisotopic (exact) mass is 588 g/mol. The molecule has 0 unspecified atom stereocenters. The number of nitrogens with zero attached hydrogens (tertiary/aromatic N) is 8. The number of carbonyl (C=O) groups is 1. The maximum atomic E-state index is 14.5. The molecule has 0 bridgehead atoms. The van der Waals surface area contributed by atoms with E-state index in [1.165, 1.54) is 4.52 Å². The van der Waals surface area contributed by atoms with E-state index in [0.29, 0.717) is 81.7 Å². The Morgan fingerprint density at radius 2 is 1.90 bits per heavy atom. The molecule has 1 aromatic carbocycles. The molecule has 4 aromatic rings. The maximum absolute atomic E-state index is 14.5. The molecule has 42 heavy (non-hydrogen) atoms. The first-order valence-corrected chi connectivity index (χ1v) is 13.5. The van der Waals surface area contributed by atoms with Crippen LogP contribution < -0.4 is 26.0 Å². The van der Waals surface area contributed by atoms with Crippen LogP contribution in [0.4, 0.5) is 34.9 Å². The van der Waals surface area contributed by atoms with Gasteiger partial charge in [-0.25, -0.2) is 9.37 Å². The molecule has 6 rings (SSSR count). The minimum Gasteiger partial charge on any atom is -0.363 e. The third-order valence-electron chi connectivity index (χ3n) is 7.50. The van der Waals surface area contributed by atoms with Crippen LogP contribution in [0.5, 0.6) is 0 Å². The molecule has 0 saturated carbocycles. The number of aromatic nitrogens is 6. The molecule has 0 spiro atoms. The van der Waals surface area contributed by atoms with E-state index >= 15 is 0 Å². The number of hydrogen-bond donors (Lipinski definition) is 2. The van der Waals surface area contributed by atoms with Gasteiger partial charge in [-0.2, -0.15) is 22.7 Å². The molecule has 222 valence electrons. The highest BCUT2D eigenvalue weighted by Crippen LogP contribution is 2.31. The summed E-state index contributed by atoms with van der Waals surface area (Å²) in [6, 6.07) is 1.91. The quantitative estimate of drug-likeness (QED) is 0.328. The number of hydrogen-bond acceptors (Lipinski definition) is 8. The molecule has 0 radical (unpaired) electrons. The fourth-order valence-electron chi connectivity index (χ4n) is 5.42. The predicted molar refractivity (Wildman–Crippen MR) is 145 cm³/mol. The number of amides is 1. The smallest absolute Gasteiger partial charge is 0.363 e. The zero-order valence-electron chi connectivity index (χ0n) is 22.7. The molecule has 0 aliphatic carbocycles. The summed E-state index contributed by atoms with van der Waals surface area (Å²) in [5.41, 5.74) is -0.0105. The Balaban J connectivity index is 1.40. The summed E-state index contributed by atoms with van der Waals surface area (Å²) < 4.78 is 58.2. The lowest BCUT2D eigenvalue weighted by Gasteiger charge is -2.31. The molecular formula is C26H28F4N10O2. The third-order valence-corrected chi connectivity index (χ3v) is 7.50. The molecule has 0 atom stereocenters. The van der Waals surface area contributed by atoms with Crippen molar-refractivity contribution in [3.05, 3.63) is 63.8 Å². The van der Waals surface area contributed by atoms with Gasteiger partial charge in [0.05, 0.1) is 35.5 Å². The number of rotatable bonds is 6. The van der Waals surface area contributed by atoms with Crippen molar-refractivity contribution in [1.82, 2.24) is 34.0 Å². The van der Waals surface area contributed by atoms with Crippen molar-refractivity contribution in [2.45, 2.75) is 39.2 Å². The number of piperazine rings is 1. The van der Waals surface area contributed by atoms with Gasteiger partial charge in [0.1, 0.15) is 18.0 Å². The van der Waals surface area contributed by atoms with E-state index < -0.39 is 29.2 Å². The van der Waals surface area contributed by atoms with Crippen LogP contribution in [-0.2, 0) is 37.0 Å². The molecule has 2 aliphatic rings. The van der Waals surface area contributed by atoms with Crippen molar-refractivity contribution >= 4 is 29.0 Å². The van der Waals surface area contributed by atoms with E-state index in [4.69, 9.17) is 0 Å². The summed E-state index contributed by atoms with van der Waals surface area (Å²) in [6.07, 6.45) is -0.846. The van der Waals surface area contributed by atoms with Crippen LogP contribution in [-0.4, -0.2) is 67.3 Å². The van der Waals surface area contributed by atoms with Crippen LogP contribution in [0, 0.1) is 5.82 Å². The molecule has 16 heteroatoms. The van der Waals surface area contributed by atoms with Crippen LogP contribution in [0.1, 0.15) is 23.9 Å². The lowest BCUT2D eigenvalue weighted by molar-refractivity contribution is -0.137. The Labute approximate surface area is 236 Å². The second-order valence-corrected chi connectivity index (χ2v) is 10.1. The van der Waals surface area contributed by atoms with Crippen molar-refractivity contribution in [1.29, 1.82) is 0 Å². The summed E-state index contributed by atoms with van der Waals surface area (Å²) in [5.74, 6) is -1.48. The van der Waals surface area contributed by atoms with Crippen molar-refractivity contribution < 1.29 is 22.4 Å². The van der Waals surface area contributed by atoms with Crippen molar-refractivity contribution in [3.8, 4) is 0 Å². The van der Waals surface area contributed by atoms with E-state index in [1.807, 2.05) is 21.3 Å². The SMILES string of the molecule is CCc1c(N2CCNCC2)c(=O)n2nc(N3CCn4cncc4C3)nc2n1CC(=O)Nc1ccc(C(F)(F)F)cc1F. The van der Waals surface area contributed by atoms with E-state index in [9.17, 15) is 27.2 Å². The molecule has 2 aliphatic heterocycles. The minimum absolute atomic E-state index is 0.132. The second kappa shape index (κ2) is 10.7. The highest BCUT2D eigenvalue weighted by Gasteiger charge is 2.32. The first-order valence-electron chi connectivity index (χ1n) is 13.5. The fraction of sp³-hybridized carbons (Fsp3) is 0.423. The van der Waals surface area contributed by atoms with Crippen LogP contribution in [0.15, 0.2) is 35.5 Å². The van der Waals surface area contributed by atoms with E-state index in [0.717, 1.165) is 11.8 Å². The van der Waals surface area contributed by atoms with Gasteiger partial charge in [-0.05, 0) is 24.6 Å². The Morgan fingerprint density at radius 1 is 1.12 bits per heavy atom. The Hall–Kier alpha value is -4.47. The van der Waals surface area contributed by atoms with Gasteiger partial charge in [-0.3, -0.25) is 9.59 Å². The van der Waals surface area contributed by atoms with Crippen LogP contribution in [0.3, 0.4) is 0 Å². The molecule has 1 fully saturated rings. The number of fused-ring (bicyclic) bond motifs is 2. The number of imidazole rings is 1. The van der Waals surface area contributed by atoms with E-state index in [-0.39, 0.29) is 17.9 Å². The average Bonchev–Trinajstić information content (AvgIpc) is 3.63. The predicted octanol–water partition coefficient (Wildman–Crippen LogP) is 1.88. The van der Waals surface area contributed by atoms with Crippen molar-refractivity contribution in [3.63, 3.8) is 0 Å². The molecule has 1 saturated heterocycles. The number of halogens is 4. The summed E-state index contributed by atoms with van der Waals surface area (Å²) >= 11 is 0.